The topological polar surface area (TPSA) is 66.4 Å². The molecule has 2 unspecified atom stereocenters. The Balaban J connectivity index is 2.24. The van der Waals surface area contributed by atoms with Crippen molar-refractivity contribution in [3.63, 3.8) is 0 Å². The highest BCUT2D eigenvalue weighted by atomic mass is 32.2. The Labute approximate surface area is 89.1 Å². The molecule has 0 saturated heterocycles. The van der Waals surface area contributed by atoms with Crippen molar-refractivity contribution in [1.82, 2.24) is 0 Å². The van der Waals surface area contributed by atoms with Gasteiger partial charge in [-0.05, 0) is 11.1 Å². The van der Waals surface area contributed by atoms with Crippen molar-refractivity contribution in [2.24, 2.45) is 0 Å². The summed E-state index contributed by atoms with van der Waals surface area (Å²) < 4.78 is 24.5. The average molecular weight is 223 g/mol. The average Bonchev–Trinajstić information content (AvgIpc) is 2.59. The van der Waals surface area contributed by atoms with Crippen molar-refractivity contribution in [3.8, 4) is 0 Å². The molecule has 0 aromatic heterocycles. The number of hydrogen-bond acceptors (Lipinski definition) is 4. The molecule has 1 aliphatic rings. The number of carbonyl (C=O) groups is 1. The summed E-state index contributed by atoms with van der Waals surface area (Å²) in [5.41, 5.74) is 1.68. The Morgan fingerprint density at radius 3 is 2.87 bits per heavy atom. The molecule has 2 rings (SSSR count). The molecule has 1 aromatic carbocycles. The lowest BCUT2D eigenvalue weighted by Crippen LogP contribution is -2.14. The van der Waals surface area contributed by atoms with Crippen LogP contribution in [0, 0.1) is 0 Å². The van der Waals surface area contributed by atoms with Crippen LogP contribution < -0.4 is 0 Å². The highest BCUT2D eigenvalue weighted by Crippen LogP contribution is 2.30. The summed E-state index contributed by atoms with van der Waals surface area (Å²) in [6, 6.07) is 7.27. The molecule has 0 amide bonds. The van der Waals surface area contributed by atoms with Gasteiger partial charge in [-0.2, -0.15) is 0 Å². The first-order chi connectivity index (χ1) is 7.18. The highest BCUT2D eigenvalue weighted by Gasteiger charge is 2.25. The van der Waals surface area contributed by atoms with Crippen LogP contribution in [-0.4, -0.2) is 14.7 Å². The van der Waals surface area contributed by atoms with Crippen LogP contribution in [0.4, 0.5) is 0 Å². The molecule has 0 spiro atoms. The van der Waals surface area contributed by atoms with Gasteiger partial charge in [0.2, 0.25) is 0 Å². The third-order valence-electron chi connectivity index (χ3n) is 2.20. The summed E-state index contributed by atoms with van der Waals surface area (Å²) in [6.07, 6.45) is 3.40. The smallest absolute Gasteiger partial charge is 0.330 e. The lowest BCUT2D eigenvalue weighted by Gasteiger charge is -2.11. The zero-order chi connectivity index (χ0) is 10.8. The maximum atomic E-state index is 11.4. The molecule has 0 heterocycles. The second-order valence-corrected chi connectivity index (χ2v) is 3.65. The van der Waals surface area contributed by atoms with E-state index in [4.69, 9.17) is 0 Å². The van der Waals surface area contributed by atoms with Gasteiger partial charge in [-0.15, -0.1) is 0 Å². The van der Waals surface area contributed by atoms with E-state index in [1.54, 1.807) is 24.3 Å². The molecule has 1 aliphatic carbocycles. The minimum Gasteiger partial charge on any atom is -0.740 e. The van der Waals surface area contributed by atoms with Crippen molar-refractivity contribution in [3.05, 3.63) is 41.5 Å². The van der Waals surface area contributed by atoms with Gasteiger partial charge in [0.1, 0.15) is 17.3 Å². The van der Waals surface area contributed by atoms with Crippen LogP contribution in [0.5, 0.6) is 0 Å². The van der Waals surface area contributed by atoms with E-state index in [1.807, 2.05) is 12.1 Å². The van der Waals surface area contributed by atoms with Crippen molar-refractivity contribution in [2.45, 2.75) is 5.92 Å². The van der Waals surface area contributed by atoms with Crippen molar-refractivity contribution in [1.29, 1.82) is 0 Å². The van der Waals surface area contributed by atoms with Crippen molar-refractivity contribution < 1.29 is 17.7 Å². The standard InChI is InChI=1S/C10H8O4S/c11-10(14-15(12)13)9-6-5-7-3-1-2-4-8(7)9/h1-6,9H,(H,12,13)/p-1. The van der Waals surface area contributed by atoms with E-state index in [9.17, 15) is 13.6 Å². The number of carbonyl (C=O) groups excluding carboxylic acids is 1. The number of fused-ring (bicyclic) bond motifs is 1. The van der Waals surface area contributed by atoms with Crippen LogP contribution in [0.3, 0.4) is 0 Å². The summed E-state index contributed by atoms with van der Waals surface area (Å²) in [4.78, 5) is 11.4. The molecule has 78 valence electrons. The monoisotopic (exact) mass is 223 g/mol. The third kappa shape index (κ3) is 1.98. The van der Waals surface area contributed by atoms with E-state index < -0.39 is 23.2 Å². The van der Waals surface area contributed by atoms with E-state index in [0.717, 1.165) is 11.1 Å². The summed E-state index contributed by atoms with van der Waals surface area (Å²) in [5, 5.41) is 0. The van der Waals surface area contributed by atoms with Crippen molar-refractivity contribution in [2.75, 3.05) is 0 Å². The molecule has 5 heteroatoms. The van der Waals surface area contributed by atoms with Crippen molar-refractivity contribution >= 4 is 23.4 Å². The molecule has 1 aromatic rings. The molecule has 0 N–H and O–H groups in total. The highest BCUT2D eigenvalue weighted by molar-refractivity contribution is 7.74. The van der Waals surface area contributed by atoms with Gasteiger partial charge in [0.15, 0.2) is 0 Å². The van der Waals surface area contributed by atoms with Gasteiger partial charge in [0, 0.05) is 0 Å². The SMILES string of the molecule is O=C(OS(=O)[O-])C1C=Cc2ccccc21. The van der Waals surface area contributed by atoms with Crippen LogP contribution in [-0.2, 0) is 20.3 Å². The first-order valence-corrected chi connectivity index (χ1v) is 5.27. The normalized spacial score (nSPS) is 19.7. The molecular weight excluding hydrogens is 216 g/mol. The Hall–Kier alpha value is -1.46. The largest absolute Gasteiger partial charge is 0.740 e. The number of benzene rings is 1. The van der Waals surface area contributed by atoms with E-state index in [-0.39, 0.29) is 0 Å². The zero-order valence-electron chi connectivity index (χ0n) is 7.58. The third-order valence-corrected chi connectivity index (χ3v) is 2.50. The van der Waals surface area contributed by atoms with Gasteiger partial charge in [-0.25, -0.2) is 9.00 Å². The second-order valence-electron chi connectivity index (χ2n) is 3.07. The van der Waals surface area contributed by atoms with Gasteiger partial charge in [0.25, 0.3) is 0 Å². The van der Waals surface area contributed by atoms with Crippen LogP contribution in [0.2, 0.25) is 0 Å². The molecule has 2 atom stereocenters. The maximum absolute atomic E-state index is 11.4. The Bertz CT molecular complexity index is 452. The lowest BCUT2D eigenvalue weighted by molar-refractivity contribution is -0.134. The number of hydrogen-bond donors (Lipinski definition) is 0. The fourth-order valence-electron chi connectivity index (χ4n) is 1.57. The van der Waals surface area contributed by atoms with Gasteiger partial charge in [-0.1, -0.05) is 36.4 Å². The predicted octanol–water partition coefficient (Wildman–Crippen LogP) is 1.13. The van der Waals surface area contributed by atoms with Crippen LogP contribution in [0.25, 0.3) is 6.08 Å². The van der Waals surface area contributed by atoms with E-state index in [0.29, 0.717) is 0 Å². The van der Waals surface area contributed by atoms with Gasteiger partial charge >= 0.3 is 5.97 Å². The molecule has 0 saturated carbocycles. The summed E-state index contributed by atoms with van der Waals surface area (Å²) in [5.74, 6) is -1.39. The van der Waals surface area contributed by atoms with Crippen LogP contribution in [0.1, 0.15) is 17.0 Å². The van der Waals surface area contributed by atoms with Gasteiger partial charge in [0.05, 0.1) is 0 Å². The molecule has 0 aliphatic heterocycles. The summed E-state index contributed by atoms with van der Waals surface area (Å²) >= 11 is -2.80. The fourth-order valence-corrected chi connectivity index (χ4v) is 1.81. The Morgan fingerprint density at radius 1 is 1.40 bits per heavy atom. The van der Waals surface area contributed by atoms with Crippen LogP contribution in [0.15, 0.2) is 30.3 Å². The maximum Gasteiger partial charge on any atom is 0.330 e. The van der Waals surface area contributed by atoms with E-state index in [1.165, 1.54) is 0 Å². The quantitative estimate of drug-likeness (QED) is 0.705. The molecular formula is C10H7O4S-. The minimum absolute atomic E-state index is 0.612. The molecule has 4 nitrogen and oxygen atoms in total. The Morgan fingerprint density at radius 2 is 2.13 bits per heavy atom. The molecule has 0 bridgehead atoms. The second kappa shape index (κ2) is 3.96. The molecule has 15 heavy (non-hydrogen) atoms. The lowest BCUT2D eigenvalue weighted by atomic mass is 10.0. The van der Waals surface area contributed by atoms with Gasteiger partial charge < -0.3 is 8.74 Å². The first kappa shape index (κ1) is 10.1. The zero-order valence-corrected chi connectivity index (χ0v) is 8.40. The first-order valence-electron chi connectivity index (χ1n) is 4.27. The minimum atomic E-state index is -2.80. The van der Waals surface area contributed by atoms with E-state index in [2.05, 4.69) is 4.18 Å². The predicted molar refractivity (Wildman–Crippen MR) is 53.2 cm³/mol. The molecule has 0 radical (unpaired) electrons. The Kier molecular flexibility index (Phi) is 2.66. The summed E-state index contributed by atoms with van der Waals surface area (Å²) in [7, 11) is 0. The van der Waals surface area contributed by atoms with E-state index >= 15 is 0 Å². The number of rotatable bonds is 2. The summed E-state index contributed by atoms with van der Waals surface area (Å²) in [6.45, 7) is 0. The molecule has 0 fully saturated rings. The van der Waals surface area contributed by atoms with Crippen LogP contribution >= 0.6 is 0 Å². The van der Waals surface area contributed by atoms with Gasteiger partial charge in [-0.3, -0.25) is 0 Å². The fraction of sp³-hybridized carbons (Fsp3) is 0.100.